The molecule has 0 amide bonds. The highest BCUT2D eigenvalue weighted by molar-refractivity contribution is 5.90. The van der Waals surface area contributed by atoms with Crippen LogP contribution in [0.1, 0.15) is 61.5 Å². The van der Waals surface area contributed by atoms with Crippen molar-refractivity contribution in [3.8, 4) is 0 Å². The zero-order valence-electron chi connectivity index (χ0n) is 15.5. The third-order valence-electron chi connectivity index (χ3n) is 4.42. The van der Waals surface area contributed by atoms with E-state index in [1.54, 1.807) is 19.1 Å². The number of benzene rings is 1. The fourth-order valence-corrected chi connectivity index (χ4v) is 3.67. The number of ether oxygens (including phenoxy) is 1. The van der Waals surface area contributed by atoms with Gasteiger partial charge in [-0.3, -0.25) is 4.89 Å². The summed E-state index contributed by atoms with van der Waals surface area (Å²) in [5, 5.41) is 4.29. The van der Waals surface area contributed by atoms with Gasteiger partial charge in [-0.25, -0.2) is 14.5 Å². The van der Waals surface area contributed by atoms with Gasteiger partial charge in [0, 0.05) is 0 Å². The van der Waals surface area contributed by atoms with Gasteiger partial charge >= 0.3 is 12.1 Å². The van der Waals surface area contributed by atoms with Crippen molar-refractivity contribution in [3.05, 3.63) is 34.9 Å². The van der Waals surface area contributed by atoms with Gasteiger partial charge in [0.15, 0.2) is 0 Å². The Bertz CT molecular complexity index is 637. The molecule has 1 aliphatic carbocycles. The first-order chi connectivity index (χ1) is 11.7. The summed E-state index contributed by atoms with van der Waals surface area (Å²) in [6, 6.07) is 5.25. The molecule has 1 aromatic carbocycles. The second-order valence-electron chi connectivity index (χ2n) is 7.74. The second kappa shape index (κ2) is 7.87. The maximum absolute atomic E-state index is 11.9. The summed E-state index contributed by atoms with van der Waals surface area (Å²) in [5.74, 6) is -0.275. The average Bonchev–Trinajstić information content (AvgIpc) is 2.44. The standard InChI is InChI=1S/C19H26O6/c1-12-6-7-16(14(3)8-12)17(20)23-25-24-18(21)22-15-9-13(2)10-19(4,5)11-15/h6-8,13,15H,9-11H2,1-5H3. The molecule has 0 bridgehead atoms. The summed E-state index contributed by atoms with van der Waals surface area (Å²) in [6.07, 6.45) is 1.38. The third kappa shape index (κ3) is 5.74. The highest BCUT2D eigenvalue weighted by Gasteiger charge is 2.34. The first-order valence-corrected chi connectivity index (χ1v) is 8.50. The van der Waals surface area contributed by atoms with Crippen LogP contribution in [0.2, 0.25) is 0 Å². The Labute approximate surface area is 148 Å². The topological polar surface area (TPSA) is 71.1 Å². The second-order valence-corrected chi connectivity index (χ2v) is 7.74. The average molecular weight is 350 g/mol. The van der Waals surface area contributed by atoms with Gasteiger partial charge < -0.3 is 4.74 Å². The smallest absolute Gasteiger partial charge is 0.429 e. The lowest BCUT2D eigenvalue weighted by molar-refractivity contribution is -0.453. The molecule has 25 heavy (non-hydrogen) atoms. The Kier molecular flexibility index (Phi) is 6.06. The molecule has 1 fully saturated rings. The molecule has 6 nitrogen and oxygen atoms in total. The van der Waals surface area contributed by atoms with E-state index in [1.807, 2.05) is 13.0 Å². The highest BCUT2D eigenvalue weighted by Crippen LogP contribution is 2.39. The highest BCUT2D eigenvalue weighted by atomic mass is 17.5. The van der Waals surface area contributed by atoms with Crippen molar-refractivity contribution in [3.63, 3.8) is 0 Å². The first-order valence-electron chi connectivity index (χ1n) is 8.50. The Morgan fingerprint density at radius 1 is 1.12 bits per heavy atom. The van der Waals surface area contributed by atoms with Crippen molar-refractivity contribution in [2.45, 2.75) is 60.0 Å². The predicted octanol–water partition coefficient (Wildman–Crippen LogP) is 4.67. The van der Waals surface area contributed by atoms with Gasteiger partial charge in [0.2, 0.25) is 0 Å². The van der Waals surface area contributed by atoms with Crippen LogP contribution in [0.15, 0.2) is 18.2 Å². The molecule has 1 aliphatic rings. The minimum absolute atomic E-state index is 0.110. The van der Waals surface area contributed by atoms with Gasteiger partial charge in [0.05, 0.1) is 10.6 Å². The molecular formula is C19H26O6. The summed E-state index contributed by atoms with van der Waals surface area (Å²) in [7, 11) is 0. The maximum Gasteiger partial charge on any atom is 0.543 e. The molecule has 1 saturated carbocycles. The van der Waals surface area contributed by atoms with Crippen molar-refractivity contribution in [2.24, 2.45) is 11.3 Å². The van der Waals surface area contributed by atoms with Gasteiger partial charge in [-0.1, -0.05) is 38.5 Å². The number of aryl methyl sites for hydroxylation is 2. The number of hydrogen-bond donors (Lipinski definition) is 0. The van der Waals surface area contributed by atoms with E-state index in [-0.39, 0.29) is 11.5 Å². The van der Waals surface area contributed by atoms with E-state index in [4.69, 9.17) is 4.74 Å². The first kappa shape index (κ1) is 19.2. The Hall–Kier alpha value is -2.08. The monoisotopic (exact) mass is 350 g/mol. The van der Waals surface area contributed by atoms with E-state index in [1.165, 1.54) is 0 Å². The van der Waals surface area contributed by atoms with Crippen molar-refractivity contribution in [1.29, 1.82) is 0 Å². The lowest BCUT2D eigenvalue weighted by Crippen LogP contribution is -2.34. The Morgan fingerprint density at radius 2 is 1.84 bits per heavy atom. The van der Waals surface area contributed by atoms with Gasteiger partial charge in [-0.2, -0.15) is 0 Å². The van der Waals surface area contributed by atoms with E-state index in [2.05, 4.69) is 35.6 Å². The van der Waals surface area contributed by atoms with Gasteiger partial charge in [0.1, 0.15) is 6.10 Å². The van der Waals surface area contributed by atoms with E-state index < -0.39 is 12.1 Å². The Morgan fingerprint density at radius 3 is 2.48 bits per heavy atom. The molecule has 0 aliphatic heterocycles. The zero-order chi connectivity index (χ0) is 18.6. The zero-order valence-corrected chi connectivity index (χ0v) is 15.5. The predicted molar refractivity (Wildman–Crippen MR) is 90.6 cm³/mol. The van der Waals surface area contributed by atoms with Crippen molar-refractivity contribution in [1.82, 2.24) is 0 Å². The normalized spacial score (nSPS) is 22.1. The van der Waals surface area contributed by atoms with Crippen molar-refractivity contribution in [2.75, 3.05) is 0 Å². The largest absolute Gasteiger partial charge is 0.543 e. The van der Waals surface area contributed by atoms with Crippen LogP contribution in [0, 0.1) is 25.2 Å². The quantitative estimate of drug-likeness (QED) is 0.446. The van der Waals surface area contributed by atoms with Crippen LogP contribution < -0.4 is 0 Å². The fourth-order valence-electron chi connectivity index (χ4n) is 3.67. The molecule has 2 rings (SSSR count). The molecule has 2 unspecified atom stereocenters. The molecule has 1 aromatic rings. The minimum atomic E-state index is -1.01. The van der Waals surface area contributed by atoms with Crippen LogP contribution in [0.3, 0.4) is 0 Å². The molecule has 0 aromatic heterocycles. The molecule has 6 heteroatoms. The van der Waals surface area contributed by atoms with E-state index in [0.717, 1.165) is 30.4 Å². The third-order valence-corrected chi connectivity index (χ3v) is 4.42. The molecule has 0 radical (unpaired) electrons. The summed E-state index contributed by atoms with van der Waals surface area (Å²) in [4.78, 5) is 32.5. The van der Waals surface area contributed by atoms with Crippen molar-refractivity contribution < 1.29 is 29.1 Å². The van der Waals surface area contributed by atoms with E-state index in [9.17, 15) is 9.59 Å². The van der Waals surface area contributed by atoms with Crippen LogP contribution in [0.25, 0.3) is 0 Å². The summed E-state index contributed by atoms with van der Waals surface area (Å²) in [6.45, 7) is 10.1. The van der Waals surface area contributed by atoms with Gasteiger partial charge in [-0.05, 0) is 56.1 Å². The van der Waals surface area contributed by atoms with Crippen LogP contribution in [-0.2, 0) is 19.6 Å². The molecule has 0 saturated heterocycles. The van der Waals surface area contributed by atoms with Crippen molar-refractivity contribution >= 4 is 12.1 Å². The summed E-state index contributed by atoms with van der Waals surface area (Å²) >= 11 is 0. The van der Waals surface area contributed by atoms with Crippen LogP contribution >= 0.6 is 0 Å². The summed E-state index contributed by atoms with van der Waals surface area (Å²) in [5.41, 5.74) is 2.22. The van der Waals surface area contributed by atoms with Gasteiger partial charge in [-0.15, -0.1) is 0 Å². The number of carbonyl (C=O) groups is 2. The number of carbonyl (C=O) groups excluding carboxylic acids is 2. The SMILES string of the molecule is Cc1ccc(C(=O)OOOC(=O)OC2CC(C)CC(C)(C)C2)c(C)c1. The molecule has 138 valence electrons. The minimum Gasteiger partial charge on any atom is -0.429 e. The molecule has 2 atom stereocenters. The number of hydrogen-bond acceptors (Lipinski definition) is 6. The summed E-state index contributed by atoms with van der Waals surface area (Å²) < 4.78 is 5.25. The van der Waals surface area contributed by atoms with Crippen LogP contribution in [0.4, 0.5) is 4.79 Å². The maximum atomic E-state index is 11.9. The van der Waals surface area contributed by atoms with Crippen LogP contribution in [-0.4, -0.2) is 18.2 Å². The van der Waals surface area contributed by atoms with Crippen LogP contribution in [0.5, 0.6) is 0 Å². The van der Waals surface area contributed by atoms with E-state index >= 15 is 0 Å². The Balaban J connectivity index is 1.77. The fraction of sp³-hybridized carbons (Fsp3) is 0.579. The molecular weight excluding hydrogens is 324 g/mol. The van der Waals surface area contributed by atoms with E-state index in [0.29, 0.717) is 11.5 Å². The molecule has 0 N–H and O–H groups in total. The molecule has 0 heterocycles. The molecule has 0 spiro atoms. The number of rotatable bonds is 4. The van der Waals surface area contributed by atoms with Gasteiger partial charge in [0.25, 0.3) is 0 Å². The lowest BCUT2D eigenvalue weighted by Gasteiger charge is -2.37. The lowest BCUT2D eigenvalue weighted by atomic mass is 9.71.